The molecule has 0 aromatic carbocycles. The summed E-state index contributed by atoms with van der Waals surface area (Å²) >= 11 is 1.55. The average molecular weight is 224 g/mol. The molecule has 0 heterocycles. The maximum absolute atomic E-state index is 7.99. The summed E-state index contributed by atoms with van der Waals surface area (Å²) in [6.07, 6.45) is 5.95. The minimum atomic E-state index is 0.346. The maximum Gasteiger partial charge on any atom is 0.132 e. The summed E-state index contributed by atoms with van der Waals surface area (Å²) in [4.78, 5) is 5.72. The summed E-state index contributed by atoms with van der Waals surface area (Å²) in [5.41, 5.74) is 2.16. The van der Waals surface area contributed by atoms with Crippen LogP contribution in [-0.2, 0) is 4.84 Å². The fourth-order valence-corrected chi connectivity index (χ4v) is 1.92. The number of oxime groups is 1. The molecule has 0 unspecified atom stereocenters. The molecule has 1 rings (SSSR count). The second-order valence-electron chi connectivity index (χ2n) is 3.51. The van der Waals surface area contributed by atoms with Crippen molar-refractivity contribution in [2.45, 2.75) is 13.8 Å². The van der Waals surface area contributed by atoms with Gasteiger partial charge in [-0.3, -0.25) is 5.41 Å². The summed E-state index contributed by atoms with van der Waals surface area (Å²) in [5.74, 6) is 0.346. The molecule has 3 nitrogen and oxygen atoms in total. The maximum atomic E-state index is 7.99. The van der Waals surface area contributed by atoms with Gasteiger partial charge in [0.05, 0.1) is 5.71 Å². The third kappa shape index (κ3) is 2.50. The van der Waals surface area contributed by atoms with E-state index in [4.69, 9.17) is 10.2 Å². The number of thioether (sulfide) groups is 1. The highest BCUT2D eigenvalue weighted by Gasteiger charge is 2.22. The summed E-state index contributed by atoms with van der Waals surface area (Å²) in [6, 6.07) is 0. The Morgan fingerprint density at radius 3 is 2.53 bits per heavy atom. The molecule has 0 amide bonds. The van der Waals surface area contributed by atoms with E-state index in [1.54, 1.807) is 11.8 Å². The molecule has 0 saturated carbocycles. The molecule has 0 spiro atoms. The molecule has 0 saturated heterocycles. The zero-order valence-corrected chi connectivity index (χ0v) is 10.3. The molecule has 0 bridgehead atoms. The van der Waals surface area contributed by atoms with E-state index < -0.39 is 0 Å². The third-order valence-corrected chi connectivity index (χ3v) is 2.98. The van der Waals surface area contributed by atoms with E-state index in [1.807, 2.05) is 18.4 Å². The molecule has 0 radical (unpaired) electrons. The minimum Gasteiger partial charge on any atom is -0.399 e. The number of hydrogen-bond donors (Lipinski definition) is 1. The normalized spacial score (nSPS) is 19.3. The molecule has 4 heteroatoms. The lowest BCUT2D eigenvalue weighted by Gasteiger charge is -2.18. The van der Waals surface area contributed by atoms with Crippen LogP contribution in [0.15, 0.2) is 27.8 Å². The van der Waals surface area contributed by atoms with Gasteiger partial charge in [-0.05, 0) is 23.8 Å². The van der Waals surface area contributed by atoms with Crippen molar-refractivity contribution in [1.29, 1.82) is 5.41 Å². The second-order valence-corrected chi connectivity index (χ2v) is 4.36. The van der Waals surface area contributed by atoms with Crippen LogP contribution in [0.2, 0.25) is 0 Å². The first kappa shape index (κ1) is 12.0. The van der Waals surface area contributed by atoms with Crippen LogP contribution in [0, 0.1) is 11.3 Å². The third-order valence-electron chi connectivity index (χ3n) is 2.20. The van der Waals surface area contributed by atoms with Crippen molar-refractivity contribution < 1.29 is 4.84 Å². The molecule has 1 aliphatic carbocycles. The highest BCUT2D eigenvalue weighted by molar-refractivity contribution is 8.03. The monoisotopic (exact) mass is 224 g/mol. The van der Waals surface area contributed by atoms with Crippen LogP contribution in [0.4, 0.5) is 0 Å². The standard InChI is InChI=1S/C11H16N2OS/c1-7(2)8-5-6-9(15-4)10(12)11(8)13-14-3/h5-7,12H,1-4H3/b12-10?,13-11-. The van der Waals surface area contributed by atoms with Crippen molar-refractivity contribution in [1.82, 2.24) is 0 Å². The summed E-state index contributed by atoms with van der Waals surface area (Å²) in [7, 11) is 1.51. The topological polar surface area (TPSA) is 45.4 Å². The molecule has 1 N–H and O–H groups in total. The Morgan fingerprint density at radius 1 is 1.40 bits per heavy atom. The first-order valence-electron chi connectivity index (χ1n) is 4.78. The van der Waals surface area contributed by atoms with Gasteiger partial charge < -0.3 is 4.84 Å². The minimum absolute atomic E-state index is 0.346. The Labute approximate surface area is 94.8 Å². The molecule has 0 aromatic heterocycles. The molecule has 1 aliphatic rings. The van der Waals surface area contributed by atoms with Gasteiger partial charge in [0.1, 0.15) is 12.8 Å². The van der Waals surface area contributed by atoms with E-state index in [2.05, 4.69) is 19.0 Å². The Hall–Kier alpha value is -1.03. The predicted molar refractivity (Wildman–Crippen MR) is 66.7 cm³/mol. The number of nitrogens with zero attached hydrogens (tertiary/aromatic N) is 1. The van der Waals surface area contributed by atoms with E-state index in [0.29, 0.717) is 17.3 Å². The highest BCUT2D eigenvalue weighted by Crippen LogP contribution is 2.25. The second kappa shape index (κ2) is 5.16. The van der Waals surface area contributed by atoms with Crippen molar-refractivity contribution >= 4 is 23.2 Å². The van der Waals surface area contributed by atoms with Gasteiger partial charge in [0.25, 0.3) is 0 Å². The van der Waals surface area contributed by atoms with E-state index >= 15 is 0 Å². The Balaban J connectivity index is 3.14. The van der Waals surface area contributed by atoms with E-state index in [0.717, 1.165) is 10.5 Å². The van der Waals surface area contributed by atoms with Crippen molar-refractivity contribution in [2.24, 2.45) is 11.1 Å². The van der Waals surface area contributed by atoms with Gasteiger partial charge in [-0.2, -0.15) is 0 Å². The fraction of sp³-hybridized carbons (Fsp3) is 0.455. The largest absolute Gasteiger partial charge is 0.399 e. The number of nitrogens with one attached hydrogen (secondary N) is 1. The van der Waals surface area contributed by atoms with Gasteiger partial charge in [-0.15, -0.1) is 11.8 Å². The van der Waals surface area contributed by atoms with Crippen LogP contribution in [0.1, 0.15) is 13.8 Å². The van der Waals surface area contributed by atoms with Crippen molar-refractivity contribution in [3.05, 3.63) is 22.6 Å². The number of rotatable bonds is 3. The summed E-state index contributed by atoms with van der Waals surface area (Å²) in [5, 5.41) is 11.9. The lowest BCUT2D eigenvalue weighted by molar-refractivity contribution is 0.214. The quantitative estimate of drug-likeness (QED) is 0.592. The smallest absolute Gasteiger partial charge is 0.132 e. The van der Waals surface area contributed by atoms with E-state index in [1.165, 1.54) is 7.11 Å². The highest BCUT2D eigenvalue weighted by atomic mass is 32.2. The Morgan fingerprint density at radius 2 is 2.07 bits per heavy atom. The van der Waals surface area contributed by atoms with Gasteiger partial charge in [0, 0.05) is 4.91 Å². The lowest BCUT2D eigenvalue weighted by Crippen LogP contribution is -2.22. The first-order valence-corrected chi connectivity index (χ1v) is 6.01. The molecule has 0 aromatic rings. The average Bonchev–Trinajstić information content (AvgIpc) is 2.20. The van der Waals surface area contributed by atoms with Crippen molar-refractivity contribution in [3.63, 3.8) is 0 Å². The van der Waals surface area contributed by atoms with Crippen molar-refractivity contribution in [2.75, 3.05) is 13.4 Å². The Kier molecular flexibility index (Phi) is 4.15. The van der Waals surface area contributed by atoms with Gasteiger partial charge in [-0.1, -0.05) is 25.1 Å². The van der Waals surface area contributed by atoms with E-state index in [-0.39, 0.29) is 0 Å². The van der Waals surface area contributed by atoms with Crippen LogP contribution in [0.3, 0.4) is 0 Å². The lowest BCUT2D eigenvalue weighted by atomic mass is 9.92. The zero-order valence-electron chi connectivity index (χ0n) is 9.50. The SMILES string of the molecule is CO/N=C1\C(=N)C(SC)=CC=C1C(C)C. The van der Waals surface area contributed by atoms with E-state index in [9.17, 15) is 0 Å². The van der Waals surface area contributed by atoms with Crippen LogP contribution < -0.4 is 0 Å². The summed E-state index contributed by atoms with van der Waals surface area (Å²) < 4.78 is 0. The van der Waals surface area contributed by atoms with Crippen LogP contribution >= 0.6 is 11.8 Å². The van der Waals surface area contributed by atoms with Gasteiger partial charge in [-0.25, -0.2) is 0 Å². The first-order chi connectivity index (χ1) is 7.11. The number of hydrogen-bond acceptors (Lipinski definition) is 4. The predicted octanol–water partition coefficient (Wildman–Crippen LogP) is 2.85. The van der Waals surface area contributed by atoms with Crippen LogP contribution in [0.5, 0.6) is 0 Å². The molecule has 0 aliphatic heterocycles. The molecular weight excluding hydrogens is 208 g/mol. The van der Waals surface area contributed by atoms with Crippen LogP contribution in [-0.4, -0.2) is 24.8 Å². The molecule has 0 fully saturated rings. The van der Waals surface area contributed by atoms with Gasteiger partial charge >= 0.3 is 0 Å². The summed E-state index contributed by atoms with van der Waals surface area (Å²) in [6.45, 7) is 4.17. The fourth-order valence-electron chi connectivity index (χ4n) is 1.41. The molecular formula is C11H16N2OS. The Bertz CT molecular complexity index is 354. The zero-order chi connectivity index (χ0) is 11.4. The van der Waals surface area contributed by atoms with Gasteiger partial charge in [0.15, 0.2) is 0 Å². The molecule has 15 heavy (non-hydrogen) atoms. The van der Waals surface area contributed by atoms with Crippen molar-refractivity contribution in [3.8, 4) is 0 Å². The molecule has 0 atom stereocenters. The van der Waals surface area contributed by atoms with Gasteiger partial charge in [0.2, 0.25) is 0 Å². The molecule has 82 valence electrons. The van der Waals surface area contributed by atoms with Crippen LogP contribution in [0.25, 0.3) is 0 Å². The number of allylic oxidation sites excluding steroid dienone is 4.